The average Bonchev–Trinajstić information content (AvgIpc) is 2.13. The molecule has 13 heavy (non-hydrogen) atoms. The first kappa shape index (κ1) is 10.9. The van der Waals surface area contributed by atoms with Crippen LogP contribution in [-0.4, -0.2) is 23.5 Å². The van der Waals surface area contributed by atoms with Crippen LogP contribution in [0.15, 0.2) is 19.9 Å². The molecule has 1 rings (SSSR count). The van der Waals surface area contributed by atoms with E-state index in [9.17, 15) is 4.79 Å². The summed E-state index contributed by atoms with van der Waals surface area (Å²) in [6.45, 7) is 0.933. The monoisotopic (exact) mass is 310 g/mol. The van der Waals surface area contributed by atoms with Gasteiger partial charge in [0.25, 0.3) is 5.56 Å². The molecule has 0 N–H and O–H groups in total. The largest absolute Gasteiger partial charge is 0.383 e. The molecule has 1 aromatic heterocycles. The molecular formula is C7H8Br2N2O2. The lowest BCUT2D eigenvalue weighted by Gasteiger charge is -2.03. The Kier molecular flexibility index (Phi) is 4.08. The maximum absolute atomic E-state index is 11.5. The number of halogens is 2. The molecule has 0 fully saturated rings. The third-order valence-corrected chi connectivity index (χ3v) is 3.35. The van der Waals surface area contributed by atoms with Crippen LogP contribution in [0.3, 0.4) is 0 Å². The molecule has 6 heteroatoms. The van der Waals surface area contributed by atoms with Gasteiger partial charge in [0.2, 0.25) is 0 Å². The van der Waals surface area contributed by atoms with Crippen molar-refractivity contribution in [1.29, 1.82) is 0 Å². The van der Waals surface area contributed by atoms with Crippen molar-refractivity contribution >= 4 is 31.9 Å². The van der Waals surface area contributed by atoms with Crippen LogP contribution in [0.5, 0.6) is 0 Å². The highest BCUT2D eigenvalue weighted by atomic mass is 79.9. The van der Waals surface area contributed by atoms with Crippen molar-refractivity contribution in [3.8, 4) is 0 Å². The summed E-state index contributed by atoms with van der Waals surface area (Å²) in [4.78, 5) is 11.5. The minimum atomic E-state index is -0.161. The van der Waals surface area contributed by atoms with Crippen LogP contribution < -0.4 is 5.56 Å². The van der Waals surface area contributed by atoms with Crippen molar-refractivity contribution in [2.24, 2.45) is 0 Å². The van der Waals surface area contributed by atoms with E-state index in [-0.39, 0.29) is 5.56 Å². The number of hydrogen-bond donors (Lipinski definition) is 0. The Bertz CT molecular complexity index is 351. The van der Waals surface area contributed by atoms with Crippen molar-refractivity contribution in [3.05, 3.63) is 25.5 Å². The van der Waals surface area contributed by atoms with Crippen LogP contribution in [0.4, 0.5) is 0 Å². The summed E-state index contributed by atoms with van der Waals surface area (Å²) in [7, 11) is 1.58. The highest BCUT2D eigenvalue weighted by Gasteiger charge is 2.05. The Hall–Kier alpha value is -0.200. The third kappa shape index (κ3) is 2.62. The minimum Gasteiger partial charge on any atom is -0.383 e. The first-order valence-corrected chi connectivity index (χ1v) is 5.15. The summed E-state index contributed by atoms with van der Waals surface area (Å²) in [5, 5.41) is 3.92. The minimum absolute atomic E-state index is 0.161. The fourth-order valence-electron chi connectivity index (χ4n) is 0.782. The predicted octanol–water partition coefficient (Wildman–Crippen LogP) is 1.41. The highest BCUT2D eigenvalue weighted by Crippen LogP contribution is 2.16. The van der Waals surface area contributed by atoms with E-state index >= 15 is 0 Å². The van der Waals surface area contributed by atoms with Gasteiger partial charge in [0.05, 0.1) is 23.8 Å². The maximum atomic E-state index is 11.5. The number of rotatable bonds is 3. The molecule has 0 saturated carbocycles. The second-order valence-corrected chi connectivity index (χ2v) is 3.97. The van der Waals surface area contributed by atoms with Gasteiger partial charge < -0.3 is 4.74 Å². The van der Waals surface area contributed by atoms with E-state index in [1.807, 2.05) is 0 Å². The lowest BCUT2D eigenvalue weighted by atomic mass is 10.5. The van der Waals surface area contributed by atoms with Crippen molar-refractivity contribution in [1.82, 2.24) is 9.78 Å². The number of hydrogen-bond acceptors (Lipinski definition) is 3. The number of nitrogens with zero attached hydrogens (tertiary/aromatic N) is 2. The second kappa shape index (κ2) is 4.88. The Morgan fingerprint density at radius 2 is 2.31 bits per heavy atom. The summed E-state index contributed by atoms with van der Waals surface area (Å²) < 4.78 is 7.33. The first-order chi connectivity index (χ1) is 6.16. The molecule has 0 aromatic carbocycles. The standard InChI is InChI=1S/C7H8Br2N2O2/c1-13-3-2-11-7(12)6(9)5(8)4-10-11/h4H,2-3H2,1H3. The van der Waals surface area contributed by atoms with Gasteiger partial charge in [-0.1, -0.05) is 0 Å². The van der Waals surface area contributed by atoms with Crippen LogP contribution in [0.2, 0.25) is 0 Å². The van der Waals surface area contributed by atoms with Gasteiger partial charge in [-0.2, -0.15) is 5.10 Å². The van der Waals surface area contributed by atoms with Crippen molar-refractivity contribution < 1.29 is 4.74 Å². The molecular weight excluding hydrogens is 304 g/mol. The van der Waals surface area contributed by atoms with Crippen molar-refractivity contribution in [2.45, 2.75) is 6.54 Å². The van der Waals surface area contributed by atoms with E-state index in [0.29, 0.717) is 22.1 Å². The van der Waals surface area contributed by atoms with E-state index in [0.717, 1.165) is 0 Å². The number of aromatic nitrogens is 2. The molecule has 0 unspecified atom stereocenters. The van der Waals surface area contributed by atoms with Crippen LogP contribution in [0.1, 0.15) is 0 Å². The second-order valence-electron chi connectivity index (χ2n) is 2.33. The van der Waals surface area contributed by atoms with Gasteiger partial charge in [0, 0.05) is 7.11 Å². The zero-order valence-electron chi connectivity index (χ0n) is 6.96. The maximum Gasteiger partial charge on any atom is 0.282 e. The Morgan fingerprint density at radius 1 is 1.62 bits per heavy atom. The van der Waals surface area contributed by atoms with Gasteiger partial charge in [0.15, 0.2) is 0 Å². The zero-order valence-corrected chi connectivity index (χ0v) is 10.1. The van der Waals surface area contributed by atoms with Gasteiger partial charge >= 0.3 is 0 Å². The average molecular weight is 312 g/mol. The van der Waals surface area contributed by atoms with Gasteiger partial charge in [-0.05, 0) is 31.9 Å². The molecule has 1 heterocycles. The first-order valence-electron chi connectivity index (χ1n) is 3.57. The number of methoxy groups -OCH3 is 1. The fourth-order valence-corrected chi connectivity index (χ4v) is 1.35. The summed E-state index contributed by atoms with van der Waals surface area (Å²) in [6, 6.07) is 0. The molecule has 4 nitrogen and oxygen atoms in total. The van der Waals surface area contributed by atoms with E-state index in [2.05, 4.69) is 37.0 Å². The van der Waals surface area contributed by atoms with Gasteiger partial charge in [0.1, 0.15) is 4.47 Å². The van der Waals surface area contributed by atoms with Crippen molar-refractivity contribution in [2.75, 3.05) is 13.7 Å². The summed E-state index contributed by atoms with van der Waals surface area (Å²) >= 11 is 6.36. The van der Waals surface area contributed by atoms with Gasteiger partial charge in [-0.3, -0.25) is 4.79 Å². The molecule has 0 aliphatic heterocycles. The molecule has 1 aromatic rings. The Labute approximate surface area is 92.2 Å². The van der Waals surface area contributed by atoms with Crippen LogP contribution in [0, 0.1) is 0 Å². The predicted molar refractivity (Wildman–Crippen MR) is 55.8 cm³/mol. The molecule has 0 aliphatic carbocycles. The van der Waals surface area contributed by atoms with E-state index in [1.165, 1.54) is 4.68 Å². The molecule has 72 valence electrons. The number of ether oxygens (including phenoxy) is 1. The lowest BCUT2D eigenvalue weighted by Crippen LogP contribution is -2.25. The van der Waals surface area contributed by atoms with Crippen molar-refractivity contribution in [3.63, 3.8) is 0 Å². The van der Waals surface area contributed by atoms with Gasteiger partial charge in [-0.25, -0.2) is 4.68 Å². The molecule has 0 amide bonds. The van der Waals surface area contributed by atoms with E-state index in [4.69, 9.17) is 4.74 Å². The molecule has 0 radical (unpaired) electrons. The van der Waals surface area contributed by atoms with E-state index in [1.54, 1.807) is 13.3 Å². The molecule has 0 spiro atoms. The summed E-state index contributed by atoms with van der Waals surface area (Å²) in [5.41, 5.74) is -0.161. The van der Waals surface area contributed by atoms with Crippen LogP contribution >= 0.6 is 31.9 Å². The fraction of sp³-hybridized carbons (Fsp3) is 0.429. The molecule has 0 saturated heterocycles. The summed E-state index contributed by atoms with van der Waals surface area (Å²) in [5.74, 6) is 0. The van der Waals surface area contributed by atoms with E-state index < -0.39 is 0 Å². The molecule has 0 aliphatic rings. The highest BCUT2D eigenvalue weighted by molar-refractivity contribution is 9.13. The topological polar surface area (TPSA) is 44.1 Å². The van der Waals surface area contributed by atoms with Crippen LogP contribution in [-0.2, 0) is 11.3 Å². The Morgan fingerprint density at radius 3 is 2.92 bits per heavy atom. The zero-order chi connectivity index (χ0) is 9.84. The Balaban J connectivity index is 2.97. The smallest absolute Gasteiger partial charge is 0.282 e. The van der Waals surface area contributed by atoms with Gasteiger partial charge in [-0.15, -0.1) is 0 Å². The third-order valence-electron chi connectivity index (χ3n) is 1.45. The normalized spacial score (nSPS) is 10.4. The SMILES string of the molecule is COCCn1ncc(Br)c(Br)c1=O. The summed E-state index contributed by atoms with van der Waals surface area (Å²) in [6.07, 6.45) is 1.57. The molecule has 0 atom stereocenters. The molecule has 0 bridgehead atoms. The quantitative estimate of drug-likeness (QED) is 0.848. The van der Waals surface area contributed by atoms with Crippen LogP contribution in [0.25, 0.3) is 0 Å². The lowest BCUT2D eigenvalue weighted by molar-refractivity contribution is 0.181.